The van der Waals surface area contributed by atoms with Crippen LogP contribution in [0.4, 0.5) is 4.79 Å². The van der Waals surface area contributed by atoms with Crippen molar-refractivity contribution in [3.05, 3.63) is 60.2 Å². The summed E-state index contributed by atoms with van der Waals surface area (Å²) in [6.45, 7) is 5.12. The van der Waals surface area contributed by atoms with Gasteiger partial charge >= 0.3 is 6.09 Å². The minimum absolute atomic E-state index is 0.0649. The molecule has 1 saturated heterocycles. The first-order chi connectivity index (χ1) is 13.0. The number of benzene rings is 2. The summed E-state index contributed by atoms with van der Waals surface area (Å²) >= 11 is 0. The van der Waals surface area contributed by atoms with Crippen molar-refractivity contribution in [2.45, 2.75) is 32.9 Å². The van der Waals surface area contributed by atoms with Gasteiger partial charge in [-0.1, -0.05) is 68.4 Å². The molecule has 1 fully saturated rings. The maximum atomic E-state index is 12.9. The van der Waals surface area contributed by atoms with E-state index in [-0.39, 0.29) is 17.9 Å². The maximum absolute atomic E-state index is 12.9. The molecule has 0 radical (unpaired) electrons. The topological polar surface area (TPSA) is 60.9 Å². The number of nitrogens with zero attached hydrogens (tertiary/aromatic N) is 2. The first-order valence-corrected chi connectivity index (χ1v) is 9.39. The quantitative estimate of drug-likeness (QED) is 0.867. The molecule has 0 saturated carbocycles. The van der Waals surface area contributed by atoms with Crippen LogP contribution in [0, 0.1) is 5.92 Å². The molecule has 2 amide bonds. The second-order valence-corrected chi connectivity index (χ2v) is 7.32. The van der Waals surface area contributed by atoms with Gasteiger partial charge in [-0.25, -0.2) is 4.79 Å². The molecular formula is C22H26N2O3. The lowest BCUT2D eigenvalue weighted by atomic mass is 9.98. The van der Waals surface area contributed by atoms with Crippen molar-refractivity contribution in [1.82, 2.24) is 9.80 Å². The Morgan fingerprint density at radius 2 is 1.78 bits per heavy atom. The van der Waals surface area contributed by atoms with E-state index >= 15 is 0 Å². The number of likely N-dealkylation sites (tertiary alicyclic amines) is 1. The maximum Gasteiger partial charge on any atom is 0.407 e. The van der Waals surface area contributed by atoms with Crippen LogP contribution in [0.15, 0.2) is 54.6 Å². The zero-order valence-electron chi connectivity index (χ0n) is 15.8. The van der Waals surface area contributed by atoms with E-state index in [0.29, 0.717) is 26.1 Å². The predicted molar refractivity (Wildman–Crippen MR) is 105 cm³/mol. The van der Waals surface area contributed by atoms with Crippen LogP contribution in [0.3, 0.4) is 0 Å². The molecule has 5 nitrogen and oxygen atoms in total. The summed E-state index contributed by atoms with van der Waals surface area (Å²) in [6.07, 6.45) is -0.239. The van der Waals surface area contributed by atoms with Gasteiger partial charge in [-0.05, 0) is 23.1 Å². The Morgan fingerprint density at radius 1 is 1.11 bits per heavy atom. The second-order valence-electron chi connectivity index (χ2n) is 7.32. The fraction of sp³-hybridized carbons (Fsp3) is 0.364. The first kappa shape index (κ1) is 19.0. The Labute approximate surface area is 160 Å². The summed E-state index contributed by atoms with van der Waals surface area (Å²) in [4.78, 5) is 27.5. The van der Waals surface area contributed by atoms with Crippen LogP contribution in [0.2, 0.25) is 0 Å². The molecule has 0 aliphatic carbocycles. The Hall–Kier alpha value is -2.82. The van der Waals surface area contributed by atoms with Crippen molar-refractivity contribution in [2.75, 3.05) is 13.1 Å². The molecular weight excluding hydrogens is 340 g/mol. The Morgan fingerprint density at radius 3 is 2.41 bits per heavy atom. The summed E-state index contributed by atoms with van der Waals surface area (Å²) in [5.41, 5.74) is 3.29. The number of carbonyl (C=O) groups excluding carboxylic acids is 1. The predicted octanol–water partition coefficient (Wildman–Crippen LogP) is 4.09. The molecule has 0 bridgehead atoms. The van der Waals surface area contributed by atoms with E-state index in [1.807, 2.05) is 55.1 Å². The number of carboxylic acid groups (broad SMARTS) is 1. The van der Waals surface area contributed by atoms with Crippen molar-refractivity contribution < 1.29 is 14.7 Å². The van der Waals surface area contributed by atoms with Crippen LogP contribution in [-0.4, -0.2) is 46.0 Å². The number of rotatable bonds is 5. The number of carbonyl (C=O) groups is 2. The van der Waals surface area contributed by atoms with Gasteiger partial charge in [-0.2, -0.15) is 0 Å². The summed E-state index contributed by atoms with van der Waals surface area (Å²) < 4.78 is 0. The van der Waals surface area contributed by atoms with Crippen molar-refractivity contribution in [3.63, 3.8) is 0 Å². The van der Waals surface area contributed by atoms with E-state index in [0.717, 1.165) is 16.7 Å². The average molecular weight is 366 g/mol. The highest BCUT2D eigenvalue weighted by molar-refractivity contribution is 5.79. The molecule has 1 aliphatic rings. The van der Waals surface area contributed by atoms with E-state index in [9.17, 15) is 14.7 Å². The number of amides is 2. The summed E-state index contributed by atoms with van der Waals surface area (Å²) in [5, 5.41) is 9.27. The molecule has 0 aromatic heterocycles. The van der Waals surface area contributed by atoms with Gasteiger partial charge in [-0.15, -0.1) is 0 Å². The lowest BCUT2D eigenvalue weighted by Gasteiger charge is -2.31. The fourth-order valence-electron chi connectivity index (χ4n) is 3.63. The molecule has 27 heavy (non-hydrogen) atoms. The highest BCUT2D eigenvalue weighted by Gasteiger charge is 2.33. The molecule has 0 unspecified atom stereocenters. The summed E-state index contributed by atoms with van der Waals surface area (Å²) in [6, 6.07) is 18.1. The van der Waals surface area contributed by atoms with Crippen molar-refractivity contribution in [1.29, 1.82) is 0 Å². The Kier molecular flexibility index (Phi) is 5.79. The van der Waals surface area contributed by atoms with Gasteiger partial charge in [0, 0.05) is 25.6 Å². The third-order valence-electron chi connectivity index (χ3n) is 5.09. The minimum Gasteiger partial charge on any atom is -0.465 e. The SMILES string of the molecule is CC(C)C(=O)N(Cc1ccccc1-c1ccccc1)[C@H]1CCN(C(=O)O)C1. The molecule has 5 heteroatoms. The van der Waals surface area contributed by atoms with Crippen LogP contribution < -0.4 is 0 Å². The second kappa shape index (κ2) is 8.25. The number of hydrogen-bond acceptors (Lipinski definition) is 2. The van der Waals surface area contributed by atoms with Gasteiger partial charge in [0.05, 0.1) is 6.04 Å². The van der Waals surface area contributed by atoms with Crippen molar-refractivity contribution in [3.8, 4) is 11.1 Å². The van der Waals surface area contributed by atoms with E-state index < -0.39 is 6.09 Å². The zero-order chi connectivity index (χ0) is 19.4. The number of hydrogen-bond donors (Lipinski definition) is 1. The molecule has 1 aliphatic heterocycles. The molecule has 0 spiro atoms. The van der Waals surface area contributed by atoms with E-state index in [4.69, 9.17) is 0 Å². The monoisotopic (exact) mass is 366 g/mol. The fourth-order valence-corrected chi connectivity index (χ4v) is 3.63. The van der Waals surface area contributed by atoms with Gasteiger partial charge in [0.15, 0.2) is 0 Å². The average Bonchev–Trinajstić information content (AvgIpc) is 3.17. The Balaban J connectivity index is 1.90. The summed E-state index contributed by atoms with van der Waals surface area (Å²) in [5.74, 6) is -0.0668. The minimum atomic E-state index is -0.917. The van der Waals surface area contributed by atoms with Crippen LogP contribution in [0.25, 0.3) is 11.1 Å². The van der Waals surface area contributed by atoms with Crippen LogP contribution >= 0.6 is 0 Å². The zero-order valence-corrected chi connectivity index (χ0v) is 15.8. The molecule has 1 N–H and O–H groups in total. The smallest absolute Gasteiger partial charge is 0.407 e. The highest BCUT2D eigenvalue weighted by atomic mass is 16.4. The third kappa shape index (κ3) is 4.30. The van der Waals surface area contributed by atoms with Gasteiger partial charge in [-0.3, -0.25) is 4.79 Å². The summed E-state index contributed by atoms with van der Waals surface area (Å²) in [7, 11) is 0. The van der Waals surface area contributed by atoms with Gasteiger partial charge < -0.3 is 14.9 Å². The lowest BCUT2D eigenvalue weighted by Crippen LogP contribution is -2.44. The van der Waals surface area contributed by atoms with E-state index in [2.05, 4.69) is 18.2 Å². The third-order valence-corrected chi connectivity index (χ3v) is 5.09. The van der Waals surface area contributed by atoms with Crippen LogP contribution in [0.1, 0.15) is 25.8 Å². The molecule has 142 valence electrons. The van der Waals surface area contributed by atoms with Crippen molar-refractivity contribution in [2.24, 2.45) is 5.92 Å². The molecule has 1 heterocycles. The molecule has 2 aromatic rings. The van der Waals surface area contributed by atoms with Gasteiger partial charge in [0.25, 0.3) is 0 Å². The van der Waals surface area contributed by atoms with Crippen LogP contribution in [0.5, 0.6) is 0 Å². The molecule has 1 atom stereocenters. The molecule has 3 rings (SSSR count). The first-order valence-electron chi connectivity index (χ1n) is 9.39. The standard InChI is InChI=1S/C22H26N2O3/c1-16(2)21(25)24(19-12-13-23(15-19)22(26)27)14-18-10-6-7-11-20(18)17-8-4-3-5-9-17/h3-11,16,19H,12-15H2,1-2H3,(H,26,27)/t19-/m0/s1. The van der Waals surface area contributed by atoms with Gasteiger partial charge in [0.2, 0.25) is 5.91 Å². The molecule has 2 aromatic carbocycles. The Bertz CT molecular complexity index is 804. The highest BCUT2D eigenvalue weighted by Crippen LogP contribution is 2.27. The van der Waals surface area contributed by atoms with Gasteiger partial charge in [0.1, 0.15) is 0 Å². The largest absolute Gasteiger partial charge is 0.465 e. The van der Waals surface area contributed by atoms with E-state index in [1.54, 1.807) is 0 Å². The normalized spacial score (nSPS) is 16.6. The lowest BCUT2D eigenvalue weighted by molar-refractivity contribution is -0.137. The van der Waals surface area contributed by atoms with Crippen molar-refractivity contribution >= 4 is 12.0 Å². The van der Waals surface area contributed by atoms with Crippen LogP contribution in [-0.2, 0) is 11.3 Å². The van der Waals surface area contributed by atoms with E-state index in [1.165, 1.54) is 4.90 Å².